The summed E-state index contributed by atoms with van der Waals surface area (Å²) >= 11 is 0. The largest absolute Gasteiger partial charge is 0.356 e. The molecule has 0 aromatic heterocycles. The van der Waals surface area contributed by atoms with Gasteiger partial charge in [0.2, 0.25) is 0 Å². The van der Waals surface area contributed by atoms with Crippen molar-refractivity contribution in [2.75, 3.05) is 13.1 Å². The van der Waals surface area contributed by atoms with Crippen LogP contribution >= 0.6 is 0 Å². The van der Waals surface area contributed by atoms with Gasteiger partial charge in [-0.15, -0.1) is 0 Å². The lowest BCUT2D eigenvalue weighted by Gasteiger charge is -2.33. The van der Waals surface area contributed by atoms with Gasteiger partial charge >= 0.3 is 0 Å². The first-order valence-electron chi connectivity index (χ1n) is 21.0. The smallest absolute Gasteiger partial charge is 0.101 e. The summed E-state index contributed by atoms with van der Waals surface area (Å²) < 4.78 is 0. The summed E-state index contributed by atoms with van der Waals surface area (Å²) in [5, 5.41) is 0. The topological polar surface area (TPSA) is 6.48 Å². The van der Waals surface area contributed by atoms with Gasteiger partial charge in [0, 0.05) is 25.5 Å². The van der Waals surface area contributed by atoms with Crippen molar-refractivity contribution in [2.24, 2.45) is 0 Å². The number of hydrogen-bond donors (Lipinski definition) is 0. The van der Waals surface area contributed by atoms with Crippen LogP contribution in [0.4, 0.5) is 0 Å². The van der Waals surface area contributed by atoms with E-state index in [2.05, 4.69) is 43.0 Å². The van der Waals surface area contributed by atoms with E-state index >= 15 is 0 Å². The highest BCUT2D eigenvalue weighted by Crippen LogP contribution is 2.24. The molecule has 0 N–H and O–H groups in total. The molecule has 0 amide bonds. The predicted molar refractivity (Wildman–Crippen MR) is 200 cm³/mol. The van der Waals surface area contributed by atoms with Gasteiger partial charge in [-0.3, -0.25) is 0 Å². The molecule has 2 heteroatoms. The second-order valence-corrected chi connectivity index (χ2v) is 14.6. The minimum Gasteiger partial charge on any atom is -0.356 e. The molecule has 1 aliphatic rings. The van der Waals surface area contributed by atoms with Crippen LogP contribution in [-0.4, -0.2) is 29.1 Å². The Labute approximate surface area is 280 Å². The Kier molecular flexibility index (Phi) is 31.7. The van der Waals surface area contributed by atoms with Crippen LogP contribution in [-0.2, 0) is 0 Å². The lowest BCUT2D eigenvalue weighted by atomic mass is 10.0. The van der Waals surface area contributed by atoms with Crippen molar-refractivity contribution in [3.05, 3.63) is 12.4 Å². The van der Waals surface area contributed by atoms with Crippen molar-refractivity contribution in [2.45, 2.75) is 245 Å². The molecule has 1 unspecified atom stereocenters. The SMILES string of the molecule is CCCCCCCCCCCCCCCCCCCN1C=CN(CCCCCCCCCCCCC)C1CCCCCCC. The standard InChI is InChI=1S/C42H84N2/c1-4-7-10-13-15-17-19-20-21-22-23-24-26-28-30-33-36-39-44-41-40-43(42(44)37-34-31-12-9-6-3)38-35-32-29-27-25-18-16-14-11-8-5-2/h40-42H,4-39H2,1-3H3. The molecule has 44 heavy (non-hydrogen) atoms. The summed E-state index contributed by atoms with van der Waals surface area (Å²) in [6.07, 6.45) is 54.4. The maximum absolute atomic E-state index is 2.71. The van der Waals surface area contributed by atoms with Crippen molar-refractivity contribution in [1.29, 1.82) is 0 Å². The third-order valence-electron chi connectivity index (χ3n) is 10.3. The molecule has 1 atom stereocenters. The van der Waals surface area contributed by atoms with Crippen LogP contribution in [0, 0.1) is 0 Å². The van der Waals surface area contributed by atoms with Gasteiger partial charge in [-0.25, -0.2) is 0 Å². The van der Waals surface area contributed by atoms with Gasteiger partial charge in [0.15, 0.2) is 0 Å². The van der Waals surface area contributed by atoms with E-state index < -0.39 is 0 Å². The van der Waals surface area contributed by atoms with Gasteiger partial charge < -0.3 is 9.80 Å². The van der Waals surface area contributed by atoms with Crippen LogP contribution in [0.3, 0.4) is 0 Å². The Morgan fingerprint density at radius 1 is 0.295 bits per heavy atom. The molecule has 0 saturated heterocycles. The van der Waals surface area contributed by atoms with E-state index in [1.807, 2.05) is 0 Å². The molecule has 2 nitrogen and oxygen atoms in total. The van der Waals surface area contributed by atoms with Gasteiger partial charge in [0.1, 0.15) is 6.17 Å². The monoisotopic (exact) mass is 617 g/mol. The average molecular weight is 617 g/mol. The molecule has 0 aliphatic carbocycles. The highest BCUT2D eigenvalue weighted by Gasteiger charge is 2.24. The maximum Gasteiger partial charge on any atom is 0.101 e. The molecule has 0 radical (unpaired) electrons. The van der Waals surface area contributed by atoms with Crippen molar-refractivity contribution in [3.8, 4) is 0 Å². The van der Waals surface area contributed by atoms with Crippen LogP contribution in [0.25, 0.3) is 0 Å². The number of hydrogen-bond acceptors (Lipinski definition) is 2. The molecule has 0 fully saturated rings. The number of unbranched alkanes of at least 4 members (excludes halogenated alkanes) is 30. The zero-order valence-corrected chi connectivity index (χ0v) is 31.1. The molecule has 0 saturated carbocycles. The van der Waals surface area contributed by atoms with Gasteiger partial charge in [-0.1, -0.05) is 213 Å². The summed E-state index contributed by atoms with van der Waals surface area (Å²) in [6.45, 7) is 9.49. The Bertz CT molecular complexity index is 572. The van der Waals surface area contributed by atoms with Gasteiger partial charge in [-0.2, -0.15) is 0 Å². The van der Waals surface area contributed by atoms with Gasteiger partial charge in [0.05, 0.1) is 0 Å². The molecule has 0 aromatic rings. The normalized spacial score (nSPS) is 14.8. The summed E-state index contributed by atoms with van der Waals surface area (Å²) in [5.74, 6) is 0. The van der Waals surface area contributed by atoms with E-state index in [1.54, 1.807) is 0 Å². The fourth-order valence-electron chi connectivity index (χ4n) is 7.25. The van der Waals surface area contributed by atoms with E-state index in [1.165, 1.54) is 231 Å². The Hall–Kier alpha value is -0.660. The molecule has 1 rings (SSSR count). The van der Waals surface area contributed by atoms with Crippen LogP contribution in [0.15, 0.2) is 12.4 Å². The molecule has 0 aromatic carbocycles. The third-order valence-corrected chi connectivity index (χ3v) is 10.3. The third kappa shape index (κ3) is 25.5. The molecule has 262 valence electrons. The lowest BCUT2D eigenvalue weighted by molar-refractivity contribution is 0.135. The van der Waals surface area contributed by atoms with Crippen LogP contribution < -0.4 is 0 Å². The minimum absolute atomic E-state index is 0.640. The fraction of sp³-hybridized carbons (Fsp3) is 0.952. The highest BCUT2D eigenvalue weighted by atomic mass is 15.4. The minimum atomic E-state index is 0.640. The summed E-state index contributed by atoms with van der Waals surface area (Å²) in [6, 6.07) is 0. The highest BCUT2D eigenvalue weighted by molar-refractivity contribution is 4.97. The van der Waals surface area contributed by atoms with E-state index in [0.717, 1.165) is 0 Å². The summed E-state index contributed by atoms with van der Waals surface area (Å²) in [7, 11) is 0. The summed E-state index contributed by atoms with van der Waals surface area (Å²) in [5.41, 5.74) is 0. The first-order valence-corrected chi connectivity index (χ1v) is 21.0. The quantitative estimate of drug-likeness (QED) is 0.0646. The van der Waals surface area contributed by atoms with Crippen molar-refractivity contribution in [1.82, 2.24) is 9.80 Å². The van der Waals surface area contributed by atoms with Gasteiger partial charge in [-0.05, 0) is 25.7 Å². The first-order chi connectivity index (χ1) is 21.8. The lowest BCUT2D eigenvalue weighted by Crippen LogP contribution is -2.39. The van der Waals surface area contributed by atoms with Crippen LogP contribution in [0.1, 0.15) is 239 Å². The maximum atomic E-state index is 2.71. The van der Waals surface area contributed by atoms with E-state index in [-0.39, 0.29) is 0 Å². The zero-order valence-electron chi connectivity index (χ0n) is 31.1. The number of nitrogens with zero attached hydrogens (tertiary/aromatic N) is 2. The Balaban J connectivity index is 2.08. The molecule has 0 bridgehead atoms. The van der Waals surface area contributed by atoms with Crippen LogP contribution in [0.5, 0.6) is 0 Å². The van der Waals surface area contributed by atoms with Crippen molar-refractivity contribution >= 4 is 0 Å². The zero-order chi connectivity index (χ0) is 31.6. The Morgan fingerprint density at radius 3 is 0.795 bits per heavy atom. The fourth-order valence-corrected chi connectivity index (χ4v) is 7.25. The molecular weight excluding hydrogens is 532 g/mol. The Morgan fingerprint density at radius 2 is 0.523 bits per heavy atom. The predicted octanol–water partition coefficient (Wildman–Crippen LogP) is 14.7. The summed E-state index contributed by atoms with van der Waals surface area (Å²) in [4.78, 5) is 5.42. The number of rotatable bonds is 36. The van der Waals surface area contributed by atoms with Crippen LogP contribution in [0.2, 0.25) is 0 Å². The van der Waals surface area contributed by atoms with E-state index in [0.29, 0.717) is 6.17 Å². The van der Waals surface area contributed by atoms with Crippen molar-refractivity contribution in [3.63, 3.8) is 0 Å². The molecule has 1 heterocycles. The second kappa shape index (κ2) is 33.7. The van der Waals surface area contributed by atoms with E-state index in [9.17, 15) is 0 Å². The average Bonchev–Trinajstić information content (AvgIpc) is 3.42. The first kappa shape index (κ1) is 41.4. The molecular formula is C42H84N2. The molecule has 0 spiro atoms. The van der Waals surface area contributed by atoms with Crippen molar-refractivity contribution < 1.29 is 0 Å². The second-order valence-electron chi connectivity index (χ2n) is 14.6. The molecule has 1 aliphatic heterocycles. The van der Waals surface area contributed by atoms with E-state index in [4.69, 9.17) is 0 Å². The van der Waals surface area contributed by atoms with Gasteiger partial charge in [0.25, 0.3) is 0 Å².